The molecule has 8 nitrogen and oxygen atoms in total. The SMILES string of the molecule is CC[C@H](Oc1cc(C)ccc1C)C(=O)O[C@H]1C[C@H](O)C=C2C=C[C@@H](C)[C@H](CC[C@@H](O)C[C@@H](O)CC(=O)O)[C@H]21. The number of hydrogen-bond donors (Lipinski definition) is 4. The molecule has 0 heterocycles. The zero-order chi connectivity index (χ0) is 28.0. The number of esters is 1. The summed E-state index contributed by atoms with van der Waals surface area (Å²) in [6, 6.07) is 5.84. The summed E-state index contributed by atoms with van der Waals surface area (Å²) >= 11 is 0. The van der Waals surface area contributed by atoms with Gasteiger partial charge in [-0.25, -0.2) is 4.79 Å². The smallest absolute Gasteiger partial charge is 0.347 e. The first kappa shape index (κ1) is 29.9. The summed E-state index contributed by atoms with van der Waals surface area (Å²) in [5, 5.41) is 39.7. The third-order valence-corrected chi connectivity index (χ3v) is 7.67. The Kier molecular flexibility index (Phi) is 10.5. The summed E-state index contributed by atoms with van der Waals surface area (Å²) < 4.78 is 12.1. The van der Waals surface area contributed by atoms with Gasteiger partial charge < -0.3 is 29.9 Å². The van der Waals surface area contributed by atoms with Crippen LogP contribution in [0.25, 0.3) is 0 Å². The van der Waals surface area contributed by atoms with Crippen LogP contribution in [-0.4, -0.2) is 62.9 Å². The minimum atomic E-state index is -1.11. The lowest BCUT2D eigenvalue weighted by molar-refractivity contribution is -0.163. The van der Waals surface area contributed by atoms with Crippen LogP contribution in [0.5, 0.6) is 5.75 Å². The number of carbonyl (C=O) groups is 2. The van der Waals surface area contributed by atoms with Crippen molar-refractivity contribution in [3.8, 4) is 5.75 Å². The van der Waals surface area contributed by atoms with Crippen LogP contribution in [0.4, 0.5) is 0 Å². The Morgan fingerprint density at radius 1 is 1.16 bits per heavy atom. The molecule has 0 bridgehead atoms. The van der Waals surface area contributed by atoms with Crippen molar-refractivity contribution >= 4 is 11.9 Å². The summed E-state index contributed by atoms with van der Waals surface area (Å²) in [4.78, 5) is 24.1. The molecule has 3 rings (SSSR count). The molecule has 2 aliphatic rings. The highest BCUT2D eigenvalue weighted by atomic mass is 16.6. The Hall–Kier alpha value is -2.68. The Morgan fingerprint density at radius 3 is 2.58 bits per heavy atom. The molecular formula is C30H42O8. The maximum Gasteiger partial charge on any atom is 0.347 e. The van der Waals surface area contributed by atoms with Crippen molar-refractivity contribution in [3.63, 3.8) is 0 Å². The molecule has 0 aromatic heterocycles. The van der Waals surface area contributed by atoms with Crippen LogP contribution >= 0.6 is 0 Å². The highest BCUT2D eigenvalue weighted by molar-refractivity contribution is 5.75. The van der Waals surface area contributed by atoms with Crippen molar-refractivity contribution in [2.45, 2.75) is 96.7 Å². The van der Waals surface area contributed by atoms with Crippen LogP contribution in [0.2, 0.25) is 0 Å². The molecule has 0 spiro atoms. The zero-order valence-electron chi connectivity index (χ0n) is 22.7. The Morgan fingerprint density at radius 2 is 1.89 bits per heavy atom. The van der Waals surface area contributed by atoms with Gasteiger partial charge in [-0.3, -0.25) is 4.79 Å². The van der Waals surface area contributed by atoms with E-state index in [1.54, 1.807) is 6.08 Å². The average molecular weight is 531 g/mol. The topological polar surface area (TPSA) is 134 Å². The molecule has 0 saturated heterocycles. The van der Waals surface area contributed by atoms with E-state index in [4.69, 9.17) is 14.6 Å². The molecule has 4 N–H and O–H groups in total. The van der Waals surface area contributed by atoms with Crippen molar-refractivity contribution in [1.82, 2.24) is 0 Å². The van der Waals surface area contributed by atoms with Gasteiger partial charge >= 0.3 is 11.9 Å². The van der Waals surface area contributed by atoms with Gasteiger partial charge in [-0.2, -0.15) is 0 Å². The van der Waals surface area contributed by atoms with Gasteiger partial charge in [0, 0.05) is 12.3 Å². The van der Waals surface area contributed by atoms with Crippen LogP contribution in [-0.2, 0) is 14.3 Å². The third kappa shape index (κ3) is 7.91. The van der Waals surface area contributed by atoms with E-state index in [-0.39, 0.29) is 30.6 Å². The van der Waals surface area contributed by atoms with Gasteiger partial charge in [0.05, 0.1) is 24.7 Å². The normalized spacial score (nSPS) is 27.0. The molecule has 0 aliphatic heterocycles. The number of carbonyl (C=O) groups excluding carboxylic acids is 1. The van der Waals surface area contributed by atoms with Gasteiger partial charge in [0.2, 0.25) is 0 Å². The fourth-order valence-corrected chi connectivity index (χ4v) is 5.60. The number of fused-ring (bicyclic) bond motifs is 1. The quantitative estimate of drug-likeness (QED) is 0.299. The highest BCUT2D eigenvalue weighted by Gasteiger charge is 2.42. The van der Waals surface area contributed by atoms with E-state index in [1.165, 1.54) is 0 Å². The van der Waals surface area contributed by atoms with E-state index in [9.17, 15) is 24.9 Å². The predicted octanol–water partition coefficient (Wildman–Crippen LogP) is 3.87. The molecule has 2 aliphatic carbocycles. The van der Waals surface area contributed by atoms with Crippen molar-refractivity contribution < 1.29 is 39.5 Å². The van der Waals surface area contributed by atoms with E-state index in [0.717, 1.165) is 16.7 Å². The number of aliphatic hydroxyl groups is 3. The lowest BCUT2D eigenvalue weighted by atomic mass is 9.66. The Bertz CT molecular complexity index is 1030. The van der Waals surface area contributed by atoms with Crippen LogP contribution < -0.4 is 4.74 Å². The maximum atomic E-state index is 13.3. The van der Waals surface area contributed by atoms with Crippen molar-refractivity contribution in [3.05, 3.63) is 53.1 Å². The third-order valence-electron chi connectivity index (χ3n) is 7.67. The molecule has 1 aromatic rings. The molecule has 210 valence electrons. The van der Waals surface area contributed by atoms with Crippen LogP contribution in [0.15, 0.2) is 42.0 Å². The second kappa shape index (κ2) is 13.4. The molecule has 0 unspecified atom stereocenters. The van der Waals surface area contributed by atoms with E-state index >= 15 is 0 Å². The predicted molar refractivity (Wildman–Crippen MR) is 143 cm³/mol. The molecular weight excluding hydrogens is 488 g/mol. The van der Waals surface area contributed by atoms with Gasteiger partial charge in [-0.15, -0.1) is 0 Å². The number of aryl methyl sites for hydroxylation is 2. The monoisotopic (exact) mass is 530 g/mol. The first-order chi connectivity index (χ1) is 18.0. The number of rotatable bonds is 12. The lowest BCUT2D eigenvalue weighted by Gasteiger charge is -2.43. The Labute approximate surface area is 225 Å². The summed E-state index contributed by atoms with van der Waals surface area (Å²) in [5.74, 6) is -0.922. The second-order valence-electron chi connectivity index (χ2n) is 10.9. The summed E-state index contributed by atoms with van der Waals surface area (Å²) in [7, 11) is 0. The van der Waals surface area contributed by atoms with Crippen molar-refractivity contribution in [2.75, 3.05) is 0 Å². The standard InChI is InChI=1S/C30H42O8/c1-5-25(37-26-12-17(2)6-7-19(26)4)30(36)38-27-15-22(32)13-20-9-8-18(3)24(29(20)27)11-10-21(31)14-23(33)16-28(34)35/h6-9,12-13,18,21-25,27,29,31-33H,5,10-11,14-16H2,1-4H3,(H,34,35)/t18-,21-,22-,23-,24+,25+,27+,29+/m1/s1. The van der Waals surface area contributed by atoms with Gasteiger partial charge in [0.15, 0.2) is 6.10 Å². The minimum Gasteiger partial charge on any atom is -0.481 e. The molecule has 8 atom stereocenters. The van der Waals surface area contributed by atoms with Crippen molar-refractivity contribution in [1.29, 1.82) is 0 Å². The number of aliphatic hydroxyl groups excluding tert-OH is 3. The molecule has 0 radical (unpaired) electrons. The van der Waals surface area contributed by atoms with E-state index in [2.05, 4.69) is 13.0 Å². The number of aliphatic carboxylic acids is 1. The Balaban J connectivity index is 1.72. The molecule has 0 amide bonds. The van der Waals surface area contributed by atoms with E-state index in [0.29, 0.717) is 25.0 Å². The number of hydrogen-bond acceptors (Lipinski definition) is 7. The maximum absolute atomic E-state index is 13.3. The summed E-state index contributed by atoms with van der Waals surface area (Å²) in [5.41, 5.74) is 2.87. The summed E-state index contributed by atoms with van der Waals surface area (Å²) in [6.07, 6.45) is 3.07. The second-order valence-corrected chi connectivity index (χ2v) is 10.9. The van der Waals surface area contributed by atoms with Crippen LogP contribution in [0.1, 0.15) is 63.5 Å². The van der Waals surface area contributed by atoms with Gasteiger partial charge in [-0.05, 0) is 74.1 Å². The first-order valence-electron chi connectivity index (χ1n) is 13.6. The number of allylic oxidation sites excluding steroid dienone is 2. The minimum absolute atomic E-state index is 0.0123. The van der Waals surface area contributed by atoms with Crippen LogP contribution in [0, 0.1) is 31.6 Å². The fraction of sp³-hybridized carbons (Fsp3) is 0.600. The molecule has 0 saturated carbocycles. The molecule has 0 fully saturated rings. The molecule has 38 heavy (non-hydrogen) atoms. The number of benzene rings is 1. The van der Waals surface area contributed by atoms with Gasteiger partial charge in [-0.1, -0.05) is 44.2 Å². The van der Waals surface area contributed by atoms with E-state index in [1.807, 2.05) is 45.0 Å². The molecule has 1 aromatic carbocycles. The van der Waals surface area contributed by atoms with Gasteiger partial charge in [0.25, 0.3) is 0 Å². The number of carboxylic acid groups (broad SMARTS) is 1. The molecule has 8 heteroatoms. The zero-order valence-corrected chi connectivity index (χ0v) is 22.7. The number of ether oxygens (including phenoxy) is 2. The largest absolute Gasteiger partial charge is 0.481 e. The van der Waals surface area contributed by atoms with E-state index < -0.39 is 48.9 Å². The summed E-state index contributed by atoms with van der Waals surface area (Å²) in [6.45, 7) is 7.83. The van der Waals surface area contributed by atoms with Gasteiger partial charge in [0.1, 0.15) is 11.9 Å². The van der Waals surface area contributed by atoms with Crippen LogP contribution in [0.3, 0.4) is 0 Å². The first-order valence-corrected chi connectivity index (χ1v) is 13.6. The average Bonchev–Trinajstić information content (AvgIpc) is 2.83. The van der Waals surface area contributed by atoms with Crippen molar-refractivity contribution in [2.24, 2.45) is 17.8 Å². The lowest BCUT2D eigenvalue weighted by Crippen LogP contribution is -2.44. The fourth-order valence-electron chi connectivity index (χ4n) is 5.60. The number of carboxylic acids is 1. The highest BCUT2D eigenvalue weighted by Crippen LogP contribution is 2.44.